The molecule has 0 aliphatic heterocycles. The second-order valence-electron chi connectivity index (χ2n) is 6.53. The van der Waals surface area contributed by atoms with Crippen molar-refractivity contribution in [3.05, 3.63) is 100 Å². The smallest absolute Gasteiger partial charge is 0.269 e. The van der Waals surface area contributed by atoms with Gasteiger partial charge < -0.3 is 5.32 Å². The van der Waals surface area contributed by atoms with Crippen LogP contribution in [0.5, 0.6) is 0 Å². The lowest BCUT2D eigenvalue weighted by Gasteiger charge is -2.17. The highest BCUT2D eigenvalue weighted by molar-refractivity contribution is 7.89. The fourth-order valence-corrected chi connectivity index (χ4v) is 3.91. The zero-order valence-corrected chi connectivity index (χ0v) is 16.9. The number of benzene rings is 3. The third-order valence-electron chi connectivity index (χ3n) is 4.41. The van der Waals surface area contributed by atoms with Gasteiger partial charge in [-0.05, 0) is 42.0 Å². The van der Waals surface area contributed by atoms with Crippen LogP contribution in [0, 0.1) is 10.1 Å². The molecule has 3 aromatic rings. The lowest BCUT2D eigenvalue weighted by atomic mass is 10.2. The van der Waals surface area contributed by atoms with Crippen LogP contribution in [-0.2, 0) is 16.6 Å². The summed E-state index contributed by atoms with van der Waals surface area (Å²) < 4.78 is 26.8. The first-order chi connectivity index (χ1) is 14.3. The van der Waals surface area contributed by atoms with Crippen LogP contribution in [-0.4, -0.2) is 30.6 Å². The zero-order chi connectivity index (χ0) is 21.7. The number of amides is 1. The van der Waals surface area contributed by atoms with Gasteiger partial charge in [0.25, 0.3) is 11.6 Å². The molecule has 3 aromatic carbocycles. The van der Waals surface area contributed by atoms with Crippen LogP contribution in [0.25, 0.3) is 0 Å². The minimum absolute atomic E-state index is 0.0767. The van der Waals surface area contributed by atoms with Crippen LogP contribution in [0.15, 0.2) is 83.8 Å². The number of nitro benzene ring substituents is 1. The molecule has 0 spiro atoms. The fraction of sp³-hybridized carbons (Fsp3) is 0.0952. The van der Waals surface area contributed by atoms with E-state index in [0.29, 0.717) is 5.69 Å². The predicted molar refractivity (Wildman–Crippen MR) is 113 cm³/mol. The monoisotopic (exact) mass is 425 g/mol. The lowest BCUT2D eigenvalue weighted by Crippen LogP contribution is -2.26. The van der Waals surface area contributed by atoms with Crippen molar-refractivity contribution in [1.29, 1.82) is 0 Å². The van der Waals surface area contributed by atoms with E-state index in [2.05, 4.69) is 5.32 Å². The first-order valence-corrected chi connectivity index (χ1v) is 10.4. The standard InChI is InChI=1S/C21H19N3O5S/c1-23(15-16-5-3-2-4-6-16)30(28,29)20-13-7-17(8-14-20)21(25)22-18-9-11-19(12-10-18)24(26)27/h2-14H,15H2,1H3,(H,22,25). The molecule has 1 amide bonds. The molecule has 30 heavy (non-hydrogen) atoms. The van der Waals surface area contributed by atoms with E-state index in [1.807, 2.05) is 30.3 Å². The minimum Gasteiger partial charge on any atom is -0.322 e. The maximum absolute atomic E-state index is 12.8. The number of nitrogens with one attached hydrogen (secondary N) is 1. The number of nitro groups is 1. The van der Waals surface area contributed by atoms with Crippen molar-refractivity contribution < 1.29 is 18.1 Å². The van der Waals surface area contributed by atoms with Crippen molar-refractivity contribution in [3.63, 3.8) is 0 Å². The van der Waals surface area contributed by atoms with E-state index in [-0.39, 0.29) is 22.7 Å². The molecule has 0 saturated heterocycles. The first kappa shape index (κ1) is 21.2. The minimum atomic E-state index is -3.71. The lowest BCUT2D eigenvalue weighted by molar-refractivity contribution is -0.384. The van der Waals surface area contributed by atoms with Crippen molar-refractivity contribution in [2.75, 3.05) is 12.4 Å². The van der Waals surface area contributed by atoms with Crippen LogP contribution in [0.4, 0.5) is 11.4 Å². The third-order valence-corrected chi connectivity index (χ3v) is 6.23. The molecule has 0 aromatic heterocycles. The van der Waals surface area contributed by atoms with Gasteiger partial charge in [-0.25, -0.2) is 8.42 Å². The van der Waals surface area contributed by atoms with Crippen molar-refractivity contribution in [2.45, 2.75) is 11.4 Å². The third kappa shape index (κ3) is 4.88. The molecule has 0 heterocycles. The van der Waals surface area contributed by atoms with Gasteiger partial charge in [0.15, 0.2) is 0 Å². The Balaban J connectivity index is 1.70. The number of carbonyl (C=O) groups is 1. The van der Waals surface area contributed by atoms with Gasteiger partial charge in [-0.2, -0.15) is 4.31 Å². The van der Waals surface area contributed by atoms with Gasteiger partial charge in [0.1, 0.15) is 0 Å². The number of anilines is 1. The van der Waals surface area contributed by atoms with Crippen LogP contribution in [0.3, 0.4) is 0 Å². The summed E-state index contributed by atoms with van der Waals surface area (Å²) in [4.78, 5) is 22.6. The zero-order valence-electron chi connectivity index (χ0n) is 16.1. The molecule has 0 aliphatic rings. The molecule has 0 fully saturated rings. The average Bonchev–Trinajstić information content (AvgIpc) is 2.75. The maximum atomic E-state index is 12.8. The second-order valence-corrected chi connectivity index (χ2v) is 8.57. The molecule has 3 rings (SSSR count). The van der Waals surface area contributed by atoms with Gasteiger partial charge in [0.05, 0.1) is 9.82 Å². The number of carbonyl (C=O) groups excluding carboxylic acids is 1. The van der Waals surface area contributed by atoms with Gasteiger partial charge in [-0.3, -0.25) is 14.9 Å². The van der Waals surface area contributed by atoms with E-state index in [4.69, 9.17) is 0 Å². The van der Waals surface area contributed by atoms with E-state index in [0.717, 1.165) is 5.56 Å². The van der Waals surface area contributed by atoms with Gasteiger partial charge >= 0.3 is 0 Å². The fourth-order valence-electron chi connectivity index (χ4n) is 2.75. The quantitative estimate of drug-likeness (QED) is 0.459. The van der Waals surface area contributed by atoms with Crippen molar-refractivity contribution in [3.8, 4) is 0 Å². The Bertz CT molecular complexity index is 1150. The Hall–Kier alpha value is -3.56. The van der Waals surface area contributed by atoms with Crippen LogP contribution < -0.4 is 5.32 Å². The molecule has 154 valence electrons. The van der Waals surface area contributed by atoms with E-state index < -0.39 is 20.9 Å². The maximum Gasteiger partial charge on any atom is 0.269 e. The molecule has 0 atom stereocenters. The summed E-state index contributed by atoms with van der Waals surface area (Å²) >= 11 is 0. The van der Waals surface area contributed by atoms with Crippen LogP contribution in [0.2, 0.25) is 0 Å². The molecular weight excluding hydrogens is 406 g/mol. The summed E-state index contributed by atoms with van der Waals surface area (Å²) in [6.45, 7) is 0.228. The Labute approximate surface area is 174 Å². The Morgan fingerprint density at radius 2 is 1.57 bits per heavy atom. The van der Waals surface area contributed by atoms with Crippen molar-refractivity contribution in [2.24, 2.45) is 0 Å². The Morgan fingerprint density at radius 3 is 2.13 bits per heavy atom. The predicted octanol–water partition coefficient (Wildman–Crippen LogP) is 3.67. The topological polar surface area (TPSA) is 110 Å². The SMILES string of the molecule is CN(Cc1ccccc1)S(=O)(=O)c1ccc(C(=O)Nc2ccc([N+](=O)[O-])cc2)cc1. The average molecular weight is 425 g/mol. The largest absolute Gasteiger partial charge is 0.322 e. The summed E-state index contributed by atoms with van der Waals surface area (Å²) in [5, 5.41) is 13.3. The van der Waals surface area contributed by atoms with Crippen LogP contribution >= 0.6 is 0 Å². The first-order valence-electron chi connectivity index (χ1n) is 8.93. The number of rotatable bonds is 7. The molecule has 0 saturated carbocycles. The molecule has 9 heteroatoms. The Morgan fingerprint density at radius 1 is 0.967 bits per heavy atom. The van der Waals surface area contributed by atoms with E-state index >= 15 is 0 Å². The molecule has 0 aliphatic carbocycles. The van der Waals surface area contributed by atoms with Crippen LogP contribution in [0.1, 0.15) is 15.9 Å². The highest BCUT2D eigenvalue weighted by Gasteiger charge is 2.21. The summed E-state index contributed by atoms with van der Waals surface area (Å²) in [5.74, 6) is -0.453. The van der Waals surface area contributed by atoms with Gasteiger partial charge in [-0.15, -0.1) is 0 Å². The van der Waals surface area contributed by atoms with Crippen molar-refractivity contribution >= 4 is 27.3 Å². The molecular formula is C21H19N3O5S. The number of non-ortho nitro benzene ring substituents is 1. The van der Waals surface area contributed by atoms with E-state index in [9.17, 15) is 23.3 Å². The van der Waals surface area contributed by atoms with Gasteiger partial charge in [0.2, 0.25) is 10.0 Å². The summed E-state index contributed by atoms with van der Waals surface area (Å²) in [6.07, 6.45) is 0. The van der Waals surface area contributed by atoms with Gasteiger partial charge in [-0.1, -0.05) is 30.3 Å². The number of sulfonamides is 1. The number of hydrogen-bond donors (Lipinski definition) is 1. The normalized spacial score (nSPS) is 11.3. The highest BCUT2D eigenvalue weighted by Crippen LogP contribution is 2.19. The van der Waals surface area contributed by atoms with E-state index in [1.165, 1.54) is 59.9 Å². The van der Waals surface area contributed by atoms with Gasteiger partial charge in [0, 0.05) is 37.0 Å². The summed E-state index contributed by atoms with van der Waals surface area (Å²) in [7, 11) is -2.22. The molecule has 0 unspecified atom stereocenters. The van der Waals surface area contributed by atoms with Crippen molar-refractivity contribution in [1.82, 2.24) is 4.31 Å². The molecule has 0 bridgehead atoms. The summed E-state index contributed by atoms with van der Waals surface area (Å²) in [6, 6.07) is 20.2. The molecule has 0 radical (unpaired) electrons. The Kier molecular flexibility index (Phi) is 6.24. The highest BCUT2D eigenvalue weighted by atomic mass is 32.2. The molecule has 8 nitrogen and oxygen atoms in total. The second kappa shape index (κ2) is 8.85. The number of hydrogen-bond acceptors (Lipinski definition) is 5. The molecule has 1 N–H and O–H groups in total. The van der Waals surface area contributed by atoms with E-state index in [1.54, 1.807) is 0 Å². The number of nitrogens with zero attached hydrogens (tertiary/aromatic N) is 2. The summed E-state index contributed by atoms with van der Waals surface area (Å²) in [5.41, 5.74) is 1.44.